The van der Waals surface area contributed by atoms with Crippen LogP contribution in [-0.4, -0.2) is 5.71 Å². The summed E-state index contributed by atoms with van der Waals surface area (Å²) in [4.78, 5) is 7.76. The standard InChI is InChI=1S/C37H27NS/c1-25-32-12-7-8-14-34(32)33-13-6-5-11-30(33)23-31-20-19-29(24-35(31)38-25)26-15-17-28(18-16-26)37-22-21-36(39-37)27-9-3-2-4-10-27/h2-22,24H,23H2,1H3/b38-25+. The lowest BCUT2D eigenvalue weighted by Gasteiger charge is -2.12. The molecule has 0 atom stereocenters. The van der Waals surface area contributed by atoms with Gasteiger partial charge in [-0.2, -0.15) is 0 Å². The van der Waals surface area contributed by atoms with Crippen molar-refractivity contribution >= 4 is 22.7 Å². The smallest absolute Gasteiger partial charge is 0.0674 e. The Kier molecular flexibility index (Phi) is 6.03. The lowest BCUT2D eigenvalue weighted by atomic mass is 9.91. The second-order valence-electron chi connectivity index (χ2n) is 10.0. The Morgan fingerprint density at radius 3 is 1.85 bits per heavy atom. The number of nitrogens with zero attached hydrogens (tertiary/aromatic N) is 1. The lowest BCUT2D eigenvalue weighted by molar-refractivity contribution is 1.19. The molecule has 1 aliphatic rings. The van der Waals surface area contributed by atoms with Gasteiger partial charge in [0, 0.05) is 27.5 Å². The van der Waals surface area contributed by atoms with Crippen molar-refractivity contribution in [1.82, 2.24) is 0 Å². The molecule has 0 radical (unpaired) electrons. The lowest BCUT2D eigenvalue weighted by Crippen LogP contribution is -1.98. The van der Waals surface area contributed by atoms with Crippen molar-refractivity contribution in [3.63, 3.8) is 0 Å². The van der Waals surface area contributed by atoms with E-state index in [1.165, 1.54) is 59.8 Å². The molecular formula is C37H27NS. The minimum atomic E-state index is 0.859. The van der Waals surface area contributed by atoms with Crippen LogP contribution in [0, 0.1) is 0 Å². The van der Waals surface area contributed by atoms with Gasteiger partial charge in [0.1, 0.15) is 0 Å². The summed E-state index contributed by atoms with van der Waals surface area (Å²) in [6.07, 6.45) is 0.859. The average Bonchev–Trinajstić information content (AvgIpc) is 3.50. The van der Waals surface area contributed by atoms with E-state index >= 15 is 0 Å². The third-order valence-electron chi connectivity index (χ3n) is 7.55. The van der Waals surface area contributed by atoms with Crippen LogP contribution in [0.1, 0.15) is 23.6 Å². The fourth-order valence-electron chi connectivity index (χ4n) is 5.49. The number of hydrogen-bond acceptors (Lipinski definition) is 2. The van der Waals surface area contributed by atoms with Crippen LogP contribution in [0.3, 0.4) is 0 Å². The molecule has 1 aromatic heterocycles. The highest BCUT2D eigenvalue weighted by Crippen LogP contribution is 2.38. The first-order valence-corrected chi connectivity index (χ1v) is 14.2. The number of fused-ring (bicyclic) bond motifs is 4. The third kappa shape index (κ3) is 4.54. The Morgan fingerprint density at radius 1 is 0.487 bits per heavy atom. The van der Waals surface area contributed by atoms with Crippen LogP contribution in [-0.2, 0) is 6.42 Å². The molecule has 0 saturated heterocycles. The molecule has 0 saturated carbocycles. The van der Waals surface area contributed by atoms with Gasteiger partial charge in [0.25, 0.3) is 0 Å². The Labute approximate surface area is 233 Å². The molecule has 2 heterocycles. The molecule has 186 valence electrons. The maximum Gasteiger partial charge on any atom is 0.0674 e. The number of hydrogen-bond donors (Lipinski definition) is 0. The molecule has 1 nitrogen and oxygen atoms in total. The molecule has 5 aromatic carbocycles. The molecule has 0 spiro atoms. The monoisotopic (exact) mass is 517 g/mol. The number of aliphatic imine (C=N–C) groups is 1. The summed E-state index contributed by atoms with van der Waals surface area (Å²) in [7, 11) is 0. The van der Waals surface area contributed by atoms with Crippen molar-refractivity contribution in [3.8, 4) is 43.1 Å². The maximum atomic E-state index is 5.19. The Morgan fingerprint density at radius 2 is 1.08 bits per heavy atom. The summed E-state index contributed by atoms with van der Waals surface area (Å²) in [5.74, 6) is 0. The van der Waals surface area contributed by atoms with Crippen molar-refractivity contribution in [2.24, 2.45) is 4.99 Å². The molecule has 1 aliphatic heterocycles. The van der Waals surface area contributed by atoms with E-state index in [-0.39, 0.29) is 0 Å². The van der Waals surface area contributed by atoms with E-state index in [2.05, 4.69) is 140 Å². The van der Waals surface area contributed by atoms with Crippen molar-refractivity contribution in [2.45, 2.75) is 13.3 Å². The SMILES string of the molecule is C/C1=N\c2cc(-c3ccc(-c4ccc(-c5ccccc5)s4)cc3)ccc2Cc2ccccc2-c2ccccc21. The molecule has 0 fully saturated rings. The summed E-state index contributed by atoms with van der Waals surface area (Å²) in [6, 6.07) is 48.1. The van der Waals surface area contributed by atoms with Crippen LogP contribution in [0.5, 0.6) is 0 Å². The zero-order chi connectivity index (χ0) is 26.2. The zero-order valence-electron chi connectivity index (χ0n) is 21.8. The second kappa shape index (κ2) is 9.98. The molecule has 2 heteroatoms. The third-order valence-corrected chi connectivity index (χ3v) is 8.73. The summed E-state index contributed by atoms with van der Waals surface area (Å²) < 4.78 is 0. The largest absolute Gasteiger partial charge is 0.253 e. The highest BCUT2D eigenvalue weighted by molar-refractivity contribution is 7.18. The van der Waals surface area contributed by atoms with E-state index in [9.17, 15) is 0 Å². The van der Waals surface area contributed by atoms with E-state index < -0.39 is 0 Å². The van der Waals surface area contributed by atoms with Gasteiger partial charge in [0.2, 0.25) is 0 Å². The number of benzene rings is 5. The number of thiophene rings is 1. The Balaban J connectivity index is 1.25. The average molecular weight is 518 g/mol. The van der Waals surface area contributed by atoms with Gasteiger partial charge in [-0.3, -0.25) is 4.99 Å². The van der Waals surface area contributed by atoms with E-state index in [0.29, 0.717) is 0 Å². The molecule has 0 aliphatic carbocycles. The molecular weight excluding hydrogens is 490 g/mol. The van der Waals surface area contributed by atoms with Crippen LogP contribution in [0.2, 0.25) is 0 Å². The fourth-order valence-corrected chi connectivity index (χ4v) is 6.51. The fraction of sp³-hybridized carbons (Fsp3) is 0.0541. The molecule has 6 aromatic rings. The topological polar surface area (TPSA) is 12.4 Å². The first kappa shape index (κ1) is 23.6. The molecule has 7 rings (SSSR count). The van der Waals surface area contributed by atoms with Gasteiger partial charge in [0.15, 0.2) is 0 Å². The summed E-state index contributed by atoms with van der Waals surface area (Å²) in [5.41, 5.74) is 13.3. The van der Waals surface area contributed by atoms with Gasteiger partial charge in [-0.1, -0.05) is 115 Å². The van der Waals surface area contributed by atoms with Gasteiger partial charge in [-0.05, 0) is 69.6 Å². The van der Waals surface area contributed by atoms with Crippen LogP contribution < -0.4 is 0 Å². The molecule has 0 bridgehead atoms. The van der Waals surface area contributed by atoms with Crippen LogP contribution in [0.4, 0.5) is 5.69 Å². The van der Waals surface area contributed by atoms with Crippen molar-refractivity contribution < 1.29 is 0 Å². The van der Waals surface area contributed by atoms with Crippen LogP contribution in [0.25, 0.3) is 43.1 Å². The van der Waals surface area contributed by atoms with Crippen molar-refractivity contribution in [2.75, 3.05) is 0 Å². The minimum absolute atomic E-state index is 0.859. The minimum Gasteiger partial charge on any atom is -0.253 e. The van der Waals surface area contributed by atoms with Crippen molar-refractivity contribution in [3.05, 3.63) is 150 Å². The molecule has 39 heavy (non-hydrogen) atoms. The quantitative estimate of drug-likeness (QED) is 0.221. The molecule has 0 N–H and O–H groups in total. The van der Waals surface area contributed by atoms with Crippen molar-refractivity contribution in [1.29, 1.82) is 0 Å². The molecule has 0 unspecified atom stereocenters. The number of rotatable bonds is 3. The normalized spacial score (nSPS) is 13.6. The first-order chi connectivity index (χ1) is 19.2. The molecule has 0 amide bonds. The van der Waals surface area contributed by atoms with Crippen LogP contribution in [0.15, 0.2) is 138 Å². The second-order valence-corrected chi connectivity index (χ2v) is 11.1. The van der Waals surface area contributed by atoms with Gasteiger partial charge >= 0.3 is 0 Å². The highest BCUT2D eigenvalue weighted by atomic mass is 32.1. The predicted molar refractivity (Wildman–Crippen MR) is 167 cm³/mol. The highest BCUT2D eigenvalue weighted by Gasteiger charge is 2.16. The van der Waals surface area contributed by atoms with E-state index in [0.717, 1.165) is 17.8 Å². The zero-order valence-corrected chi connectivity index (χ0v) is 22.6. The Hall–Kier alpha value is -4.53. The van der Waals surface area contributed by atoms with Gasteiger partial charge in [0.05, 0.1) is 5.69 Å². The summed E-state index contributed by atoms with van der Waals surface area (Å²) >= 11 is 1.84. The Bertz CT molecular complexity index is 1820. The predicted octanol–water partition coefficient (Wildman–Crippen LogP) is 10.5. The van der Waals surface area contributed by atoms with Gasteiger partial charge in [-0.25, -0.2) is 0 Å². The maximum absolute atomic E-state index is 5.19. The first-order valence-electron chi connectivity index (χ1n) is 13.3. The summed E-state index contributed by atoms with van der Waals surface area (Å²) in [6.45, 7) is 2.13. The van der Waals surface area contributed by atoms with Gasteiger partial charge in [-0.15, -0.1) is 11.3 Å². The van der Waals surface area contributed by atoms with Gasteiger partial charge < -0.3 is 0 Å². The van der Waals surface area contributed by atoms with E-state index in [1.54, 1.807) is 0 Å². The van der Waals surface area contributed by atoms with Crippen LogP contribution >= 0.6 is 11.3 Å². The van der Waals surface area contributed by atoms with E-state index in [4.69, 9.17) is 4.99 Å². The summed E-state index contributed by atoms with van der Waals surface area (Å²) in [5, 5.41) is 0. The van der Waals surface area contributed by atoms with E-state index in [1.807, 2.05) is 11.3 Å².